The highest BCUT2D eigenvalue weighted by molar-refractivity contribution is 6.10. The molecular weight excluding hydrogens is 683 g/mol. The molecular formula is C52H49N3O. The van der Waals surface area contributed by atoms with Crippen LogP contribution >= 0.6 is 0 Å². The first kappa shape index (κ1) is 35.7. The van der Waals surface area contributed by atoms with Gasteiger partial charge in [0.05, 0.1) is 16.7 Å². The Balaban J connectivity index is 1.07. The fourth-order valence-corrected chi connectivity index (χ4v) is 9.07. The Morgan fingerprint density at radius 2 is 1.29 bits per heavy atom. The number of benzene rings is 5. The summed E-state index contributed by atoms with van der Waals surface area (Å²) in [6.45, 7) is 13.7. The number of fused-ring (bicyclic) bond motifs is 3. The zero-order chi connectivity index (χ0) is 38.6. The molecule has 0 aliphatic heterocycles. The Morgan fingerprint density at radius 3 is 2.05 bits per heavy atom. The fourth-order valence-electron chi connectivity index (χ4n) is 9.07. The van der Waals surface area contributed by atoms with E-state index < -0.39 is 0 Å². The summed E-state index contributed by atoms with van der Waals surface area (Å²) in [5, 5.41) is 2.33. The summed E-state index contributed by atoms with van der Waals surface area (Å²) in [6, 6.07) is 45.5. The van der Waals surface area contributed by atoms with Gasteiger partial charge in [0.15, 0.2) is 0 Å². The first-order valence-corrected chi connectivity index (χ1v) is 20.0. The molecule has 0 saturated heterocycles. The molecule has 1 aliphatic carbocycles. The van der Waals surface area contributed by atoms with Gasteiger partial charge in [-0.1, -0.05) is 93.6 Å². The van der Waals surface area contributed by atoms with Crippen LogP contribution < -0.4 is 4.74 Å². The third-order valence-electron chi connectivity index (χ3n) is 12.3. The molecule has 4 nitrogen and oxygen atoms in total. The molecule has 4 heteroatoms. The Morgan fingerprint density at radius 1 is 0.589 bits per heavy atom. The maximum atomic E-state index is 6.67. The molecule has 3 heterocycles. The summed E-state index contributed by atoms with van der Waals surface area (Å²) in [5.41, 5.74) is 14.5. The molecule has 0 amide bonds. The van der Waals surface area contributed by atoms with Crippen LogP contribution in [0.2, 0.25) is 0 Å². The van der Waals surface area contributed by atoms with Gasteiger partial charge in [-0.05, 0) is 150 Å². The number of aryl methyl sites for hydroxylation is 3. The molecule has 278 valence electrons. The van der Waals surface area contributed by atoms with Gasteiger partial charge in [0.1, 0.15) is 17.3 Å². The van der Waals surface area contributed by atoms with Gasteiger partial charge in [-0.15, -0.1) is 0 Å². The number of hydrogen-bond acceptors (Lipinski definition) is 3. The largest absolute Gasteiger partial charge is 0.457 e. The van der Waals surface area contributed by atoms with Crippen LogP contribution in [-0.2, 0) is 0 Å². The van der Waals surface area contributed by atoms with E-state index in [-0.39, 0.29) is 0 Å². The Bertz CT molecular complexity index is 2720. The summed E-state index contributed by atoms with van der Waals surface area (Å²) < 4.78 is 8.94. The number of nitrogens with zero attached hydrogens (tertiary/aromatic N) is 3. The number of rotatable bonds is 7. The van der Waals surface area contributed by atoms with E-state index in [9.17, 15) is 0 Å². The van der Waals surface area contributed by atoms with E-state index in [1.807, 2.05) is 12.3 Å². The lowest BCUT2D eigenvalue weighted by molar-refractivity contribution is 0.167. The van der Waals surface area contributed by atoms with Crippen LogP contribution in [-0.4, -0.2) is 14.5 Å². The lowest BCUT2D eigenvalue weighted by Crippen LogP contribution is -2.27. The summed E-state index contributed by atoms with van der Waals surface area (Å²) in [7, 11) is 0. The molecule has 3 aromatic heterocycles. The standard InChI is InChI=1S/C52H49N3O/c1-33-25-51(54-31-35(33)3)55-49-22-19-40(39-17-15-38(16-18-39)37-11-8-7-9-12-37)27-47(49)45-21-20-43(28-50(45)55)56-42-14-10-13-41(26-42)48-29-46(36(4)32-53-48)44-23-24-52(5,6)30-34(44)2/h7-22,25-29,31-32,34,44H,23-24,30H2,1-6H3. The molecule has 1 aliphatic rings. The second kappa shape index (κ2) is 14.3. The van der Waals surface area contributed by atoms with E-state index in [0.717, 1.165) is 45.0 Å². The molecule has 8 aromatic rings. The van der Waals surface area contributed by atoms with Crippen LogP contribution in [0.15, 0.2) is 140 Å². The average Bonchev–Trinajstić information content (AvgIpc) is 3.52. The van der Waals surface area contributed by atoms with E-state index in [4.69, 9.17) is 14.7 Å². The van der Waals surface area contributed by atoms with E-state index in [0.29, 0.717) is 17.3 Å². The van der Waals surface area contributed by atoms with Gasteiger partial charge in [0.25, 0.3) is 0 Å². The smallest absolute Gasteiger partial charge is 0.137 e. The molecule has 2 unspecified atom stereocenters. The van der Waals surface area contributed by atoms with Crippen molar-refractivity contribution in [3.63, 3.8) is 0 Å². The molecule has 2 atom stereocenters. The van der Waals surface area contributed by atoms with Gasteiger partial charge in [-0.3, -0.25) is 9.55 Å². The molecule has 56 heavy (non-hydrogen) atoms. The van der Waals surface area contributed by atoms with Crippen molar-refractivity contribution >= 4 is 21.8 Å². The maximum Gasteiger partial charge on any atom is 0.137 e. The topological polar surface area (TPSA) is 39.9 Å². The van der Waals surface area contributed by atoms with Crippen LogP contribution in [0.3, 0.4) is 0 Å². The lowest BCUT2D eigenvalue weighted by atomic mass is 9.65. The van der Waals surface area contributed by atoms with Crippen LogP contribution in [0.25, 0.3) is 61.1 Å². The lowest BCUT2D eigenvalue weighted by Gasteiger charge is -2.40. The molecule has 1 fully saturated rings. The monoisotopic (exact) mass is 731 g/mol. The molecule has 9 rings (SSSR count). The minimum atomic E-state index is 0.414. The van der Waals surface area contributed by atoms with Crippen LogP contribution in [0.5, 0.6) is 11.5 Å². The average molecular weight is 732 g/mol. The first-order chi connectivity index (χ1) is 27.1. The molecule has 0 radical (unpaired) electrons. The summed E-state index contributed by atoms with van der Waals surface area (Å²) in [6.07, 6.45) is 7.77. The number of pyridine rings is 2. The van der Waals surface area contributed by atoms with Crippen molar-refractivity contribution in [2.75, 3.05) is 0 Å². The van der Waals surface area contributed by atoms with Gasteiger partial charge in [-0.25, -0.2) is 4.98 Å². The molecule has 0 spiro atoms. The predicted molar refractivity (Wildman–Crippen MR) is 233 cm³/mol. The Labute approximate surface area is 330 Å². The van der Waals surface area contributed by atoms with Crippen molar-refractivity contribution in [3.05, 3.63) is 162 Å². The SMILES string of the molecule is Cc1cnc(-n2c3ccc(-c4ccc(-c5ccccc5)cc4)cc3c3ccc(Oc4cccc(-c5cc(C6CCC(C)(C)CC6C)c(C)cn5)c4)cc32)cc1C. The fraction of sp³-hybridized carbons (Fsp3) is 0.231. The van der Waals surface area contributed by atoms with Crippen molar-refractivity contribution in [1.29, 1.82) is 0 Å². The van der Waals surface area contributed by atoms with Gasteiger partial charge >= 0.3 is 0 Å². The second-order valence-electron chi connectivity index (χ2n) is 16.9. The van der Waals surface area contributed by atoms with Crippen LogP contribution in [0.1, 0.15) is 68.2 Å². The highest BCUT2D eigenvalue weighted by Crippen LogP contribution is 2.47. The summed E-state index contributed by atoms with van der Waals surface area (Å²) in [5.74, 6) is 3.65. The predicted octanol–water partition coefficient (Wildman–Crippen LogP) is 14.2. The highest BCUT2D eigenvalue weighted by Gasteiger charge is 2.34. The van der Waals surface area contributed by atoms with Crippen molar-refractivity contribution < 1.29 is 4.74 Å². The van der Waals surface area contributed by atoms with E-state index in [2.05, 4.69) is 174 Å². The van der Waals surface area contributed by atoms with Gasteiger partial charge in [0.2, 0.25) is 0 Å². The second-order valence-corrected chi connectivity index (χ2v) is 16.9. The van der Waals surface area contributed by atoms with Crippen molar-refractivity contribution in [1.82, 2.24) is 14.5 Å². The van der Waals surface area contributed by atoms with Crippen LogP contribution in [0.4, 0.5) is 0 Å². The summed E-state index contributed by atoms with van der Waals surface area (Å²) in [4.78, 5) is 9.84. The zero-order valence-electron chi connectivity index (χ0n) is 33.3. The van der Waals surface area contributed by atoms with Gasteiger partial charge in [0, 0.05) is 34.8 Å². The van der Waals surface area contributed by atoms with E-state index in [1.165, 1.54) is 69.2 Å². The Hall–Kier alpha value is -6.00. The zero-order valence-corrected chi connectivity index (χ0v) is 33.3. The van der Waals surface area contributed by atoms with E-state index in [1.54, 1.807) is 0 Å². The number of hydrogen-bond donors (Lipinski definition) is 0. The Kier molecular flexibility index (Phi) is 9.08. The molecule has 0 N–H and O–H groups in total. The van der Waals surface area contributed by atoms with Crippen molar-refractivity contribution in [2.24, 2.45) is 11.3 Å². The quantitative estimate of drug-likeness (QED) is 0.164. The van der Waals surface area contributed by atoms with Crippen LogP contribution in [0, 0.1) is 32.1 Å². The van der Waals surface area contributed by atoms with Crippen molar-refractivity contribution in [2.45, 2.75) is 66.7 Å². The van der Waals surface area contributed by atoms with Gasteiger partial charge < -0.3 is 4.74 Å². The normalized spacial score (nSPS) is 16.7. The number of ether oxygens (including phenoxy) is 1. The minimum Gasteiger partial charge on any atom is -0.457 e. The molecule has 0 bridgehead atoms. The van der Waals surface area contributed by atoms with Crippen molar-refractivity contribution in [3.8, 4) is 50.8 Å². The highest BCUT2D eigenvalue weighted by atomic mass is 16.5. The molecule has 5 aromatic carbocycles. The van der Waals surface area contributed by atoms with E-state index >= 15 is 0 Å². The maximum absolute atomic E-state index is 6.67. The minimum absolute atomic E-state index is 0.414. The van der Waals surface area contributed by atoms with Gasteiger partial charge in [-0.2, -0.15) is 0 Å². The third-order valence-corrected chi connectivity index (χ3v) is 12.3. The molecule has 1 saturated carbocycles. The summed E-state index contributed by atoms with van der Waals surface area (Å²) >= 11 is 0. The number of aromatic nitrogens is 3. The third kappa shape index (κ3) is 6.79. The first-order valence-electron chi connectivity index (χ1n) is 20.0.